The maximum atomic E-state index is 13.1. The lowest BCUT2D eigenvalue weighted by Crippen LogP contribution is -2.19. The van der Waals surface area contributed by atoms with Crippen LogP contribution in [0.2, 0.25) is 5.02 Å². The Morgan fingerprint density at radius 1 is 1.37 bits per heavy atom. The van der Waals surface area contributed by atoms with Crippen molar-refractivity contribution < 1.29 is 4.39 Å². The maximum Gasteiger partial charge on any atom is 0.141 e. The van der Waals surface area contributed by atoms with E-state index < -0.39 is 5.82 Å². The molecule has 0 fully saturated rings. The lowest BCUT2D eigenvalue weighted by atomic mass is 10.0. The fourth-order valence-electron chi connectivity index (χ4n) is 1.91. The van der Waals surface area contributed by atoms with Crippen molar-refractivity contribution in [3.8, 4) is 0 Å². The van der Waals surface area contributed by atoms with E-state index in [1.54, 1.807) is 18.3 Å². The van der Waals surface area contributed by atoms with Gasteiger partial charge in [-0.1, -0.05) is 17.7 Å². The first kappa shape index (κ1) is 14.4. The maximum absolute atomic E-state index is 13.1. The van der Waals surface area contributed by atoms with Crippen LogP contribution < -0.4 is 5.32 Å². The molecule has 2 aromatic rings. The van der Waals surface area contributed by atoms with Crippen LogP contribution in [0.4, 0.5) is 4.39 Å². The zero-order valence-corrected chi connectivity index (χ0v) is 12.7. The topological polar surface area (TPSA) is 24.9 Å². The van der Waals surface area contributed by atoms with Crippen molar-refractivity contribution >= 4 is 27.5 Å². The second kappa shape index (κ2) is 6.46. The predicted molar refractivity (Wildman–Crippen MR) is 78.9 cm³/mol. The third-order valence-electron chi connectivity index (χ3n) is 2.90. The van der Waals surface area contributed by atoms with Gasteiger partial charge in [-0.05, 0) is 58.7 Å². The fraction of sp³-hybridized carbons (Fsp3) is 0.214. The first-order valence-electron chi connectivity index (χ1n) is 5.82. The van der Waals surface area contributed by atoms with E-state index in [-0.39, 0.29) is 11.1 Å². The van der Waals surface area contributed by atoms with Gasteiger partial charge in [-0.25, -0.2) is 4.39 Å². The van der Waals surface area contributed by atoms with Gasteiger partial charge in [0, 0.05) is 22.9 Å². The Hall–Kier alpha value is -0.970. The van der Waals surface area contributed by atoms with Crippen LogP contribution in [0.5, 0.6) is 0 Å². The van der Waals surface area contributed by atoms with E-state index in [4.69, 9.17) is 11.6 Å². The van der Waals surface area contributed by atoms with Gasteiger partial charge in [0.1, 0.15) is 5.82 Å². The highest BCUT2D eigenvalue weighted by atomic mass is 79.9. The zero-order valence-electron chi connectivity index (χ0n) is 10.3. The molecule has 2 nitrogen and oxygen atoms in total. The standard InChI is InChI=1S/C14H13BrClFN2/c1-18-14(10-6-11(15)8-19-7-10)5-9-2-3-13(17)12(16)4-9/h2-4,6-8,14,18H,5H2,1H3. The molecule has 5 heteroatoms. The van der Waals surface area contributed by atoms with E-state index in [1.165, 1.54) is 6.07 Å². The van der Waals surface area contributed by atoms with Crippen LogP contribution in [0, 0.1) is 5.82 Å². The highest BCUT2D eigenvalue weighted by Crippen LogP contribution is 2.23. The van der Waals surface area contributed by atoms with E-state index in [0.717, 1.165) is 15.6 Å². The summed E-state index contributed by atoms with van der Waals surface area (Å²) in [4.78, 5) is 4.15. The summed E-state index contributed by atoms with van der Waals surface area (Å²) in [6.07, 6.45) is 4.27. The van der Waals surface area contributed by atoms with Crippen molar-refractivity contribution in [3.63, 3.8) is 0 Å². The zero-order chi connectivity index (χ0) is 13.8. The van der Waals surface area contributed by atoms with E-state index in [2.05, 4.69) is 26.2 Å². The smallest absolute Gasteiger partial charge is 0.141 e. The van der Waals surface area contributed by atoms with Gasteiger partial charge in [0.25, 0.3) is 0 Å². The molecule has 2 rings (SSSR count). The predicted octanol–water partition coefficient (Wildman–Crippen LogP) is 4.14. The van der Waals surface area contributed by atoms with Gasteiger partial charge in [0.05, 0.1) is 5.02 Å². The van der Waals surface area contributed by atoms with Crippen LogP contribution >= 0.6 is 27.5 Å². The molecule has 0 aliphatic heterocycles. The molecule has 1 aromatic heterocycles. The highest BCUT2D eigenvalue weighted by Gasteiger charge is 2.12. The van der Waals surface area contributed by atoms with Crippen LogP contribution in [0.25, 0.3) is 0 Å². The molecule has 0 saturated carbocycles. The summed E-state index contributed by atoms with van der Waals surface area (Å²) in [5.74, 6) is -0.393. The number of hydrogen-bond acceptors (Lipinski definition) is 2. The average Bonchev–Trinajstić information content (AvgIpc) is 2.40. The lowest BCUT2D eigenvalue weighted by Gasteiger charge is -2.17. The molecule has 0 amide bonds. The molecular formula is C14H13BrClFN2. The minimum Gasteiger partial charge on any atom is -0.313 e. The minimum atomic E-state index is -0.393. The number of aromatic nitrogens is 1. The molecule has 1 N–H and O–H groups in total. The van der Waals surface area contributed by atoms with Crippen molar-refractivity contribution in [2.45, 2.75) is 12.5 Å². The second-order valence-electron chi connectivity index (χ2n) is 4.23. The summed E-state index contributed by atoms with van der Waals surface area (Å²) >= 11 is 9.20. The van der Waals surface area contributed by atoms with Crippen molar-refractivity contribution in [2.75, 3.05) is 7.05 Å². The van der Waals surface area contributed by atoms with E-state index in [1.807, 2.05) is 19.3 Å². The normalized spacial score (nSPS) is 12.4. The monoisotopic (exact) mass is 342 g/mol. The molecule has 0 spiro atoms. The molecule has 1 atom stereocenters. The Labute approximate surface area is 125 Å². The second-order valence-corrected chi connectivity index (χ2v) is 5.55. The number of hydrogen-bond donors (Lipinski definition) is 1. The van der Waals surface area contributed by atoms with Gasteiger partial charge in [-0.15, -0.1) is 0 Å². The first-order valence-corrected chi connectivity index (χ1v) is 6.99. The van der Waals surface area contributed by atoms with Crippen LogP contribution in [0.1, 0.15) is 17.2 Å². The highest BCUT2D eigenvalue weighted by molar-refractivity contribution is 9.10. The summed E-state index contributed by atoms with van der Waals surface area (Å²) < 4.78 is 14.1. The average molecular weight is 344 g/mol. The first-order chi connectivity index (χ1) is 9.10. The fourth-order valence-corrected chi connectivity index (χ4v) is 2.49. The molecule has 1 heterocycles. The summed E-state index contributed by atoms with van der Waals surface area (Å²) in [5, 5.41) is 3.38. The Balaban J connectivity index is 2.21. The number of likely N-dealkylation sites (N-methyl/N-ethyl adjacent to an activating group) is 1. The Kier molecular flexibility index (Phi) is 4.91. The number of nitrogens with zero attached hydrogens (tertiary/aromatic N) is 1. The van der Waals surface area contributed by atoms with Gasteiger partial charge in [-0.3, -0.25) is 4.98 Å². The van der Waals surface area contributed by atoms with E-state index in [9.17, 15) is 4.39 Å². The quantitative estimate of drug-likeness (QED) is 0.902. The Morgan fingerprint density at radius 2 is 2.16 bits per heavy atom. The molecule has 1 aromatic carbocycles. The number of pyridine rings is 1. The Bertz CT molecular complexity index is 577. The number of nitrogens with one attached hydrogen (secondary N) is 1. The molecule has 0 radical (unpaired) electrons. The SMILES string of the molecule is CNC(Cc1ccc(F)c(Cl)c1)c1cncc(Br)c1. The summed E-state index contributed by atoms with van der Waals surface area (Å²) in [7, 11) is 1.89. The van der Waals surface area contributed by atoms with Crippen LogP contribution in [-0.4, -0.2) is 12.0 Å². The van der Waals surface area contributed by atoms with Gasteiger partial charge < -0.3 is 5.32 Å². The van der Waals surface area contributed by atoms with Crippen LogP contribution in [0.3, 0.4) is 0 Å². The van der Waals surface area contributed by atoms with Gasteiger partial charge in [0.2, 0.25) is 0 Å². The number of rotatable bonds is 4. The third kappa shape index (κ3) is 3.75. The minimum absolute atomic E-state index is 0.103. The lowest BCUT2D eigenvalue weighted by molar-refractivity contribution is 0.587. The molecule has 0 saturated heterocycles. The van der Waals surface area contributed by atoms with Gasteiger partial charge in [-0.2, -0.15) is 0 Å². The van der Waals surface area contributed by atoms with Crippen molar-refractivity contribution in [3.05, 3.63) is 63.1 Å². The number of halogens is 3. The molecular weight excluding hydrogens is 331 g/mol. The third-order valence-corrected chi connectivity index (χ3v) is 3.62. The molecule has 19 heavy (non-hydrogen) atoms. The van der Waals surface area contributed by atoms with Crippen LogP contribution in [0.15, 0.2) is 41.1 Å². The van der Waals surface area contributed by atoms with Crippen molar-refractivity contribution in [1.82, 2.24) is 10.3 Å². The molecule has 0 aliphatic rings. The Morgan fingerprint density at radius 3 is 2.79 bits per heavy atom. The molecule has 0 aliphatic carbocycles. The van der Waals surface area contributed by atoms with Crippen LogP contribution in [-0.2, 0) is 6.42 Å². The molecule has 0 bridgehead atoms. The summed E-state index contributed by atoms with van der Waals surface area (Å²) in [5.41, 5.74) is 2.04. The summed E-state index contributed by atoms with van der Waals surface area (Å²) in [6.45, 7) is 0. The van der Waals surface area contributed by atoms with E-state index in [0.29, 0.717) is 6.42 Å². The van der Waals surface area contributed by atoms with E-state index >= 15 is 0 Å². The largest absolute Gasteiger partial charge is 0.313 e. The van der Waals surface area contributed by atoms with Crippen molar-refractivity contribution in [2.24, 2.45) is 0 Å². The molecule has 1 unspecified atom stereocenters. The van der Waals surface area contributed by atoms with Gasteiger partial charge >= 0.3 is 0 Å². The summed E-state index contributed by atoms with van der Waals surface area (Å²) in [6, 6.07) is 6.92. The van der Waals surface area contributed by atoms with Crippen molar-refractivity contribution in [1.29, 1.82) is 0 Å². The molecule has 100 valence electrons. The van der Waals surface area contributed by atoms with Gasteiger partial charge in [0.15, 0.2) is 0 Å². The number of benzene rings is 1.